The van der Waals surface area contributed by atoms with E-state index in [1.54, 1.807) is 10.9 Å². The maximum Gasteiger partial charge on any atom is -0.0121 e. The maximum atomic E-state index is 2.49. The number of hydrogen-bond acceptors (Lipinski definition) is 0. The quantitative estimate of drug-likeness (QED) is 0.566. The van der Waals surface area contributed by atoms with Crippen molar-refractivity contribution in [2.24, 2.45) is 5.41 Å². The molecule has 16 heavy (non-hydrogen) atoms. The van der Waals surface area contributed by atoms with Crippen LogP contribution in [-0.2, 0) is 0 Å². The molecular formula is C15H27P. The minimum atomic E-state index is 0.0312. The van der Waals surface area contributed by atoms with Crippen LogP contribution < -0.4 is 0 Å². The van der Waals surface area contributed by atoms with E-state index in [2.05, 4.69) is 60.6 Å². The van der Waals surface area contributed by atoms with Crippen LogP contribution in [0.15, 0.2) is 23.0 Å². The molecule has 0 aromatic carbocycles. The molecule has 0 bridgehead atoms. The predicted molar refractivity (Wildman–Crippen MR) is 77.4 cm³/mol. The van der Waals surface area contributed by atoms with E-state index in [9.17, 15) is 0 Å². The van der Waals surface area contributed by atoms with E-state index < -0.39 is 0 Å². The summed E-state index contributed by atoms with van der Waals surface area (Å²) in [5.41, 5.74) is 3.55. The van der Waals surface area contributed by atoms with Crippen LogP contribution >= 0.6 is 7.92 Å². The van der Waals surface area contributed by atoms with E-state index in [1.807, 2.05) is 0 Å². The highest BCUT2D eigenvalue weighted by Gasteiger charge is 2.26. The van der Waals surface area contributed by atoms with Crippen molar-refractivity contribution < 1.29 is 0 Å². The van der Waals surface area contributed by atoms with Gasteiger partial charge in [0.05, 0.1) is 0 Å². The van der Waals surface area contributed by atoms with Crippen LogP contribution in [-0.4, -0.2) is 11.3 Å². The molecule has 92 valence electrons. The van der Waals surface area contributed by atoms with Gasteiger partial charge in [0.15, 0.2) is 0 Å². The Bertz CT molecular complexity index is 292. The molecular weight excluding hydrogens is 211 g/mol. The Morgan fingerprint density at radius 3 is 1.88 bits per heavy atom. The lowest BCUT2D eigenvalue weighted by atomic mass is 9.86. The molecule has 1 rings (SSSR count). The molecule has 0 unspecified atom stereocenters. The summed E-state index contributed by atoms with van der Waals surface area (Å²) >= 11 is 0. The highest BCUT2D eigenvalue weighted by molar-refractivity contribution is 7.63. The zero-order chi connectivity index (χ0) is 12.5. The molecule has 0 atom stereocenters. The summed E-state index contributed by atoms with van der Waals surface area (Å²) in [5.74, 6) is 0. The summed E-state index contributed by atoms with van der Waals surface area (Å²) < 4.78 is 0. The van der Waals surface area contributed by atoms with Crippen molar-refractivity contribution in [1.82, 2.24) is 0 Å². The van der Waals surface area contributed by atoms with Crippen molar-refractivity contribution in [3.63, 3.8) is 0 Å². The Morgan fingerprint density at radius 2 is 1.56 bits per heavy atom. The maximum absolute atomic E-state index is 2.49. The second kappa shape index (κ2) is 5.05. The number of rotatable bonds is 3. The molecule has 0 heterocycles. The van der Waals surface area contributed by atoms with Crippen molar-refractivity contribution in [2.75, 3.05) is 0 Å². The van der Waals surface area contributed by atoms with Gasteiger partial charge in [-0.2, -0.15) is 0 Å². The third-order valence-electron chi connectivity index (χ3n) is 3.23. The van der Waals surface area contributed by atoms with E-state index in [0.717, 1.165) is 11.3 Å². The minimum absolute atomic E-state index is 0.0312. The van der Waals surface area contributed by atoms with Crippen LogP contribution in [0.1, 0.15) is 54.9 Å². The zero-order valence-electron chi connectivity index (χ0n) is 12.0. The van der Waals surface area contributed by atoms with Crippen molar-refractivity contribution in [2.45, 2.75) is 66.2 Å². The van der Waals surface area contributed by atoms with E-state index >= 15 is 0 Å². The van der Waals surface area contributed by atoms with Crippen LogP contribution in [0.4, 0.5) is 0 Å². The molecule has 0 saturated carbocycles. The third-order valence-corrected chi connectivity index (χ3v) is 6.36. The minimum Gasteiger partial charge on any atom is -0.0727 e. The molecule has 0 aromatic heterocycles. The van der Waals surface area contributed by atoms with Crippen LogP contribution in [0.25, 0.3) is 0 Å². The van der Waals surface area contributed by atoms with Gasteiger partial charge in [0.2, 0.25) is 0 Å². The normalized spacial score (nSPS) is 17.4. The third kappa shape index (κ3) is 3.20. The standard InChI is InChI=1S/C15H27P/c1-11(2)16(12(3)4)14-9-8-13(10-14)15(5,6)7/h9-12H,8H2,1-7H3. The van der Waals surface area contributed by atoms with E-state index in [0.29, 0.717) is 5.41 Å². The van der Waals surface area contributed by atoms with Gasteiger partial charge in [0.1, 0.15) is 0 Å². The molecule has 0 aromatic rings. The Labute approximate surface area is 103 Å². The van der Waals surface area contributed by atoms with Gasteiger partial charge >= 0.3 is 0 Å². The summed E-state index contributed by atoms with van der Waals surface area (Å²) in [6.07, 6.45) is 6.15. The lowest BCUT2D eigenvalue weighted by molar-refractivity contribution is 0.496. The number of hydrogen-bond donors (Lipinski definition) is 0. The molecule has 1 aliphatic carbocycles. The first-order valence-electron chi connectivity index (χ1n) is 6.43. The molecule has 0 radical (unpaired) electrons. The van der Waals surface area contributed by atoms with Crippen LogP contribution in [0.5, 0.6) is 0 Å². The van der Waals surface area contributed by atoms with Crippen LogP contribution in [0.3, 0.4) is 0 Å². The van der Waals surface area contributed by atoms with Gasteiger partial charge in [-0.3, -0.25) is 0 Å². The molecule has 0 saturated heterocycles. The second-order valence-electron chi connectivity index (χ2n) is 6.35. The molecule has 0 aliphatic heterocycles. The molecule has 1 heteroatoms. The van der Waals surface area contributed by atoms with Gasteiger partial charge in [-0.15, -0.1) is 0 Å². The molecule has 0 amide bonds. The van der Waals surface area contributed by atoms with Gasteiger partial charge in [-0.25, -0.2) is 0 Å². The smallest absolute Gasteiger partial charge is 0.0121 e. The fraction of sp³-hybridized carbons (Fsp3) is 0.733. The van der Waals surface area contributed by atoms with Crippen molar-refractivity contribution in [3.05, 3.63) is 23.0 Å². The lowest BCUT2D eigenvalue weighted by Crippen LogP contribution is -2.07. The van der Waals surface area contributed by atoms with Gasteiger partial charge in [-0.1, -0.05) is 74.1 Å². The highest BCUT2D eigenvalue weighted by atomic mass is 31.1. The largest absolute Gasteiger partial charge is 0.0727 e. The first-order chi connectivity index (χ1) is 7.23. The summed E-state index contributed by atoms with van der Waals surface area (Å²) in [5, 5.41) is 1.64. The Hall–Kier alpha value is -0.0900. The fourth-order valence-electron chi connectivity index (χ4n) is 2.41. The molecule has 1 aliphatic rings. The van der Waals surface area contributed by atoms with Crippen molar-refractivity contribution in [1.29, 1.82) is 0 Å². The van der Waals surface area contributed by atoms with Crippen molar-refractivity contribution >= 4 is 7.92 Å². The van der Waals surface area contributed by atoms with E-state index in [4.69, 9.17) is 0 Å². The highest BCUT2D eigenvalue weighted by Crippen LogP contribution is 2.56. The Kier molecular flexibility index (Phi) is 4.41. The average molecular weight is 238 g/mol. The van der Waals surface area contributed by atoms with E-state index in [-0.39, 0.29) is 7.92 Å². The average Bonchev–Trinajstić information content (AvgIpc) is 2.50. The van der Waals surface area contributed by atoms with Gasteiger partial charge < -0.3 is 0 Å². The zero-order valence-corrected chi connectivity index (χ0v) is 12.9. The summed E-state index contributed by atoms with van der Waals surface area (Å²) in [6.45, 7) is 16.4. The molecule has 0 spiro atoms. The lowest BCUT2D eigenvalue weighted by Gasteiger charge is -2.26. The Morgan fingerprint density at radius 1 is 1.06 bits per heavy atom. The van der Waals surface area contributed by atoms with Crippen LogP contribution in [0, 0.1) is 5.41 Å². The first-order valence-corrected chi connectivity index (χ1v) is 7.91. The molecule has 0 nitrogen and oxygen atoms in total. The van der Waals surface area contributed by atoms with Crippen molar-refractivity contribution in [3.8, 4) is 0 Å². The SMILES string of the molecule is CC(C)P(C1=CCC(C(C)(C)C)=C1)C(C)C. The summed E-state index contributed by atoms with van der Waals surface area (Å²) in [7, 11) is 0.0312. The van der Waals surface area contributed by atoms with E-state index in [1.165, 1.54) is 6.42 Å². The van der Waals surface area contributed by atoms with Crippen LogP contribution in [0.2, 0.25) is 0 Å². The summed E-state index contributed by atoms with van der Waals surface area (Å²) in [4.78, 5) is 0. The monoisotopic (exact) mass is 238 g/mol. The van der Waals surface area contributed by atoms with Gasteiger partial charge in [0.25, 0.3) is 0 Å². The number of allylic oxidation sites excluding steroid dienone is 4. The van der Waals surface area contributed by atoms with Gasteiger partial charge in [-0.05, 0) is 28.5 Å². The first kappa shape index (κ1) is 14.0. The topological polar surface area (TPSA) is 0 Å². The summed E-state index contributed by atoms with van der Waals surface area (Å²) in [6, 6.07) is 0. The second-order valence-corrected chi connectivity index (χ2v) is 9.74. The van der Waals surface area contributed by atoms with Gasteiger partial charge in [0, 0.05) is 0 Å². The molecule has 0 N–H and O–H groups in total. The molecule has 0 fully saturated rings. The fourth-order valence-corrected chi connectivity index (χ4v) is 5.40. The predicted octanol–water partition coefficient (Wildman–Crippen LogP) is 5.55. The Balaban J connectivity index is 2.87.